The zero-order valence-corrected chi connectivity index (χ0v) is 44.3. The lowest BCUT2D eigenvalue weighted by atomic mass is 9.81. The number of aliphatic hydroxyl groups is 2. The van der Waals surface area contributed by atoms with E-state index in [0.717, 1.165) is 35.2 Å². The standard InChI is InChI=1S/C59H80N2O12/c1-10-16-44-28-36(2)27-37(3)29-52(69-8)55-53(70-9)31-39(5)59(67,73-55)56(64)57(65)61-25-15-14-19-47(61)58(66)72-54(40(6)48(62)34-49(44)63)38(4)30-42-20-23-50(51(32-42)68-7)71-45-21-22-46-43(33-45)24-26-60(46)35-41-17-12-11-13-18-41/h10-13,17-18,21-22,24,26,28,30,33,37,39-40,42,44,47-48,50-55,62,67H,1,14-16,19-20,23,25,27,29,31-32,34-35H2,2-9H3/b36-28+,38-30?. The van der Waals surface area contributed by atoms with Gasteiger partial charge in [-0.25, -0.2) is 4.79 Å². The van der Waals surface area contributed by atoms with E-state index in [-0.39, 0.29) is 55.6 Å². The fourth-order valence-corrected chi connectivity index (χ4v) is 11.9. The molecule has 398 valence electrons. The number of aliphatic hydroxyl groups excluding tert-OH is 1. The van der Waals surface area contributed by atoms with Crippen molar-refractivity contribution in [2.75, 3.05) is 27.9 Å². The summed E-state index contributed by atoms with van der Waals surface area (Å²) in [5, 5.41) is 25.3. The fourth-order valence-electron chi connectivity index (χ4n) is 11.9. The van der Waals surface area contributed by atoms with Gasteiger partial charge in [-0.05, 0) is 125 Å². The molecule has 14 unspecified atom stereocenters. The summed E-state index contributed by atoms with van der Waals surface area (Å²) < 4.78 is 39.5. The van der Waals surface area contributed by atoms with Gasteiger partial charge in [-0.3, -0.25) is 14.4 Å². The molecule has 2 aromatic carbocycles. The van der Waals surface area contributed by atoms with E-state index in [1.807, 2.05) is 44.2 Å². The Labute approximate surface area is 432 Å². The van der Waals surface area contributed by atoms with Gasteiger partial charge in [0.05, 0.1) is 24.4 Å². The van der Waals surface area contributed by atoms with Gasteiger partial charge in [0.1, 0.15) is 35.9 Å². The fraction of sp³-hybridized carbons (Fsp3) is 0.593. The average Bonchev–Trinajstić information content (AvgIpc) is 3.78. The molecule has 7 rings (SSSR count). The van der Waals surface area contributed by atoms with Crippen molar-refractivity contribution in [3.63, 3.8) is 0 Å². The summed E-state index contributed by atoms with van der Waals surface area (Å²) in [4.78, 5) is 58.9. The number of methoxy groups -OCH3 is 3. The Morgan fingerprint density at radius 1 is 0.877 bits per heavy atom. The maximum Gasteiger partial charge on any atom is 0.329 e. The van der Waals surface area contributed by atoms with Crippen LogP contribution in [0.15, 0.2) is 96.7 Å². The molecule has 2 saturated heterocycles. The predicted octanol–water partition coefficient (Wildman–Crippen LogP) is 8.73. The van der Waals surface area contributed by atoms with E-state index in [0.29, 0.717) is 50.5 Å². The normalized spacial score (nSPS) is 34.5. The van der Waals surface area contributed by atoms with Gasteiger partial charge >= 0.3 is 5.97 Å². The molecule has 3 fully saturated rings. The molecular formula is C59H80N2O12. The number of Topliss-reactive ketones (excluding diaryl/α,β-unsaturated/α-hetero) is 2. The van der Waals surface area contributed by atoms with Crippen molar-refractivity contribution in [3.8, 4) is 5.75 Å². The smallest absolute Gasteiger partial charge is 0.329 e. The lowest BCUT2D eigenvalue weighted by molar-refractivity contribution is -0.302. The third-order valence-electron chi connectivity index (χ3n) is 16.1. The lowest BCUT2D eigenvalue weighted by Crippen LogP contribution is -2.64. The molecule has 1 saturated carbocycles. The van der Waals surface area contributed by atoms with E-state index in [1.165, 1.54) is 24.7 Å². The van der Waals surface area contributed by atoms with Crippen molar-refractivity contribution in [2.45, 2.75) is 166 Å². The number of piperidine rings is 1. The highest BCUT2D eigenvalue weighted by Gasteiger charge is 2.56. The maximum absolute atomic E-state index is 14.7. The number of esters is 1. The molecule has 2 N–H and O–H groups in total. The minimum absolute atomic E-state index is 0.000374. The molecule has 1 amide bonds. The number of aromatic nitrogens is 1. The number of ether oxygens (including phenoxy) is 6. The van der Waals surface area contributed by atoms with Gasteiger partial charge in [0.2, 0.25) is 5.79 Å². The van der Waals surface area contributed by atoms with E-state index in [2.05, 4.69) is 60.7 Å². The molecule has 1 aromatic heterocycles. The molecule has 4 heterocycles. The van der Waals surface area contributed by atoms with Crippen molar-refractivity contribution in [3.05, 3.63) is 102 Å². The quantitative estimate of drug-likeness (QED) is 0.107. The molecule has 1 aliphatic carbocycles. The number of hydrogen-bond donors (Lipinski definition) is 2. The Morgan fingerprint density at radius 3 is 2.32 bits per heavy atom. The monoisotopic (exact) mass is 1010 g/mol. The summed E-state index contributed by atoms with van der Waals surface area (Å²) in [7, 11) is 4.75. The van der Waals surface area contributed by atoms with Crippen molar-refractivity contribution in [1.82, 2.24) is 9.47 Å². The van der Waals surface area contributed by atoms with Crippen LogP contribution in [0.1, 0.15) is 111 Å². The zero-order chi connectivity index (χ0) is 52.6. The molecule has 2 bridgehead atoms. The zero-order valence-electron chi connectivity index (χ0n) is 44.3. The number of carbonyl (C=O) groups excluding carboxylic acids is 4. The van der Waals surface area contributed by atoms with Crippen LogP contribution in [0.2, 0.25) is 0 Å². The van der Waals surface area contributed by atoms with E-state index in [1.54, 1.807) is 27.0 Å². The Hall–Kier alpha value is -4.96. The second-order valence-corrected chi connectivity index (χ2v) is 21.5. The van der Waals surface area contributed by atoms with Crippen LogP contribution in [-0.4, -0.2) is 126 Å². The van der Waals surface area contributed by atoms with Gasteiger partial charge in [-0.15, -0.1) is 6.58 Å². The number of allylic oxidation sites excluding steroid dienone is 4. The third-order valence-corrected chi connectivity index (χ3v) is 16.1. The first-order valence-electron chi connectivity index (χ1n) is 26.5. The highest BCUT2D eigenvalue weighted by molar-refractivity contribution is 6.39. The van der Waals surface area contributed by atoms with E-state index >= 15 is 0 Å². The molecule has 14 heteroatoms. The predicted molar refractivity (Wildman–Crippen MR) is 278 cm³/mol. The van der Waals surface area contributed by atoms with Crippen LogP contribution in [0, 0.1) is 29.6 Å². The molecular weight excluding hydrogens is 929 g/mol. The largest absolute Gasteiger partial charge is 0.488 e. The van der Waals surface area contributed by atoms with Crippen LogP contribution >= 0.6 is 0 Å². The summed E-state index contributed by atoms with van der Waals surface area (Å²) >= 11 is 0. The average molecular weight is 1010 g/mol. The van der Waals surface area contributed by atoms with Crippen molar-refractivity contribution in [1.29, 1.82) is 0 Å². The summed E-state index contributed by atoms with van der Waals surface area (Å²) in [6.07, 6.45) is 7.83. The molecule has 73 heavy (non-hydrogen) atoms. The van der Waals surface area contributed by atoms with E-state index in [4.69, 9.17) is 28.4 Å². The number of fused-ring (bicyclic) bond motifs is 4. The summed E-state index contributed by atoms with van der Waals surface area (Å²) in [6.45, 7) is 14.1. The first-order chi connectivity index (χ1) is 35.0. The van der Waals surface area contributed by atoms with Crippen LogP contribution < -0.4 is 4.74 Å². The van der Waals surface area contributed by atoms with E-state index in [9.17, 15) is 29.4 Å². The molecule has 3 aliphatic heterocycles. The lowest BCUT2D eigenvalue weighted by Gasteiger charge is -2.47. The van der Waals surface area contributed by atoms with Gasteiger partial charge in [-0.1, -0.05) is 74.9 Å². The summed E-state index contributed by atoms with van der Waals surface area (Å²) in [5.74, 6) is -7.04. The number of cyclic esters (lactones) is 1. The Kier molecular flexibility index (Phi) is 19.1. The van der Waals surface area contributed by atoms with Gasteiger partial charge < -0.3 is 48.1 Å². The minimum Gasteiger partial charge on any atom is -0.488 e. The number of ketones is 2. The third kappa shape index (κ3) is 13.1. The molecule has 14 nitrogen and oxygen atoms in total. The molecule has 0 spiro atoms. The number of amides is 1. The first-order valence-corrected chi connectivity index (χ1v) is 26.5. The van der Waals surface area contributed by atoms with Crippen molar-refractivity contribution < 1.29 is 57.8 Å². The van der Waals surface area contributed by atoms with Crippen LogP contribution in [-0.2, 0) is 49.4 Å². The number of nitrogens with zero attached hydrogens (tertiary/aromatic N) is 2. The molecule has 4 aliphatic rings. The molecule has 0 radical (unpaired) electrons. The first kappa shape index (κ1) is 55.8. The van der Waals surface area contributed by atoms with Crippen LogP contribution in [0.3, 0.4) is 0 Å². The van der Waals surface area contributed by atoms with Crippen molar-refractivity contribution >= 4 is 34.3 Å². The van der Waals surface area contributed by atoms with Gasteiger partial charge in [0, 0.05) is 75.7 Å². The number of hydrogen-bond acceptors (Lipinski definition) is 12. The SMILES string of the molecule is C=CCC1/C=C(\C)CC(C)CC(OC)C2OC(O)(C(=O)C(=O)N3CCCCC3C(=O)OC(C(C)=CC3CCC(Oc4ccc5c(ccn5Cc5ccccc5)c4)C(OC)C3)C(C)C(O)CC1=O)C(C)CC2OC. The van der Waals surface area contributed by atoms with Crippen LogP contribution in [0.4, 0.5) is 0 Å². The van der Waals surface area contributed by atoms with Crippen molar-refractivity contribution in [2.24, 2.45) is 29.6 Å². The van der Waals surface area contributed by atoms with Gasteiger partial charge in [0.15, 0.2) is 0 Å². The number of carbonyl (C=O) groups is 4. The Bertz CT molecular complexity index is 2450. The number of benzene rings is 2. The van der Waals surface area contributed by atoms with Gasteiger partial charge in [-0.2, -0.15) is 0 Å². The van der Waals surface area contributed by atoms with Gasteiger partial charge in [0.25, 0.3) is 11.7 Å². The Balaban J connectivity index is 1.15. The second kappa shape index (κ2) is 25.0. The summed E-state index contributed by atoms with van der Waals surface area (Å²) in [5.41, 5.74) is 3.98. The highest BCUT2D eigenvalue weighted by Crippen LogP contribution is 2.40. The van der Waals surface area contributed by atoms with Crippen LogP contribution in [0.5, 0.6) is 5.75 Å². The van der Waals surface area contributed by atoms with E-state index < -0.39 is 77.8 Å². The Morgan fingerprint density at radius 2 is 1.60 bits per heavy atom. The highest BCUT2D eigenvalue weighted by atomic mass is 16.7. The topological polar surface area (TPSA) is 172 Å². The van der Waals surface area contributed by atoms with Crippen LogP contribution in [0.25, 0.3) is 10.9 Å². The second-order valence-electron chi connectivity index (χ2n) is 21.5. The minimum atomic E-state index is -2.52. The maximum atomic E-state index is 14.7. The molecule has 3 aromatic rings. The number of rotatable bonds is 11. The molecule has 14 atom stereocenters. The summed E-state index contributed by atoms with van der Waals surface area (Å²) in [6, 6.07) is 17.5.